The number of carbonyl (C=O) groups is 1. The molecule has 3 rings (SSSR count). The second kappa shape index (κ2) is 7.49. The summed E-state index contributed by atoms with van der Waals surface area (Å²) in [5.41, 5.74) is 3.52. The van der Waals surface area contributed by atoms with Crippen molar-refractivity contribution >= 4 is 29.3 Å². The van der Waals surface area contributed by atoms with Gasteiger partial charge in [0.05, 0.1) is 21.8 Å². The predicted octanol–water partition coefficient (Wildman–Crippen LogP) is 5.69. The SMILES string of the molecule is Cc1nn(C(=O)c2ccc(Cl)nc2)c(C)c1Sc1ccc(C(C)(C)C)cc1. The van der Waals surface area contributed by atoms with Gasteiger partial charge in [-0.3, -0.25) is 4.79 Å². The van der Waals surface area contributed by atoms with Crippen LogP contribution in [0, 0.1) is 13.8 Å². The van der Waals surface area contributed by atoms with E-state index in [1.807, 2.05) is 13.8 Å². The Kier molecular flexibility index (Phi) is 5.45. The zero-order valence-electron chi connectivity index (χ0n) is 16.1. The van der Waals surface area contributed by atoms with E-state index in [0.717, 1.165) is 21.2 Å². The molecule has 0 N–H and O–H groups in total. The van der Waals surface area contributed by atoms with Crippen LogP contribution < -0.4 is 0 Å². The molecule has 3 aromatic rings. The lowest BCUT2D eigenvalue weighted by Crippen LogP contribution is -2.15. The molecular weight excluding hydrogens is 378 g/mol. The zero-order chi connectivity index (χ0) is 19.8. The topological polar surface area (TPSA) is 47.8 Å². The Morgan fingerprint density at radius 3 is 2.30 bits per heavy atom. The van der Waals surface area contributed by atoms with E-state index in [2.05, 4.69) is 55.1 Å². The fourth-order valence-corrected chi connectivity index (χ4v) is 3.78. The zero-order valence-corrected chi connectivity index (χ0v) is 17.6. The minimum absolute atomic E-state index is 0.124. The van der Waals surface area contributed by atoms with Crippen LogP contribution in [0.25, 0.3) is 0 Å². The maximum absolute atomic E-state index is 12.8. The predicted molar refractivity (Wildman–Crippen MR) is 110 cm³/mol. The molecule has 0 amide bonds. The molecule has 0 saturated carbocycles. The second-order valence-corrected chi connectivity index (χ2v) is 8.93. The lowest BCUT2D eigenvalue weighted by molar-refractivity contribution is 0.0941. The van der Waals surface area contributed by atoms with Crippen LogP contribution in [0.3, 0.4) is 0 Å². The van der Waals surface area contributed by atoms with E-state index in [1.165, 1.54) is 16.4 Å². The fraction of sp³-hybridized carbons (Fsp3) is 0.286. The van der Waals surface area contributed by atoms with Crippen LogP contribution in [-0.2, 0) is 5.41 Å². The van der Waals surface area contributed by atoms with Crippen LogP contribution in [0.2, 0.25) is 5.15 Å². The standard InChI is InChI=1S/C21H22ClN3OS/c1-13-19(27-17-9-7-16(8-10-17)21(3,4)5)14(2)25(24-13)20(26)15-6-11-18(22)23-12-15/h6-12H,1-5H3. The summed E-state index contributed by atoms with van der Waals surface area (Å²) < 4.78 is 1.44. The van der Waals surface area contributed by atoms with E-state index in [-0.39, 0.29) is 11.3 Å². The summed E-state index contributed by atoms with van der Waals surface area (Å²) in [5.74, 6) is -0.213. The van der Waals surface area contributed by atoms with Gasteiger partial charge in [0.1, 0.15) is 5.15 Å². The van der Waals surface area contributed by atoms with Crippen molar-refractivity contribution in [3.8, 4) is 0 Å². The minimum atomic E-state index is -0.213. The number of carbonyl (C=O) groups excluding carboxylic acids is 1. The lowest BCUT2D eigenvalue weighted by Gasteiger charge is -2.19. The first-order valence-corrected chi connectivity index (χ1v) is 9.87. The molecule has 4 nitrogen and oxygen atoms in total. The van der Waals surface area contributed by atoms with E-state index in [4.69, 9.17) is 11.6 Å². The van der Waals surface area contributed by atoms with Gasteiger partial charge in [0, 0.05) is 11.1 Å². The number of hydrogen-bond donors (Lipinski definition) is 0. The number of nitrogens with zero attached hydrogens (tertiary/aromatic N) is 3. The fourth-order valence-electron chi connectivity index (χ4n) is 2.74. The Morgan fingerprint density at radius 1 is 1.07 bits per heavy atom. The van der Waals surface area contributed by atoms with E-state index in [1.54, 1.807) is 23.9 Å². The highest BCUT2D eigenvalue weighted by Gasteiger charge is 2.19. The Balaban J connectivity index is 1.87. The molecule has 0 aliphatic heterocycles. The van der Waals surface area contributed by atoms with Crippen molar-refractivity contribution in [3.05, 3.63) is 70.3 Å². The number of aryl methyl sites for hydroxylation is 1. The van der Waals surface area contributed by atoms with Crippen molar-refractivity contribution < 1.29 is 4.79 Å². The van der Waals surface area contributed by atoms with Crippen LogP contribution in [0.4, 0.5) is 0 Å². The Hall–Kier alpha value is -2.11. The van der Waals surface area contributed by atoms with Gasteiger partial charge in [-0.15, -0.1) is 0 Å². The third-order valence-corrected chi connectivity index (χ3v) is 5.86. The van der Waals surface area contributed by atoms with Gasteiger partial charge in [0.15, 0.2) is 0 Å². The molecular formula is C21H22ClN3OS. The number of pyridine rings is 1. The molecule has 2 heterocycles. The maximum atomic E-state index is 12.8. The Morgan fingerprint density at radius 2 is 1.74 bits per heavy atom. The van der Waals surface area contributed by atoms with Gasteiger partial charge in [0.2, 0.25) is 0 Å². The molecule has 0 aliphatic rings. The highest BCUT2D eigenvalue weighted by Crippen LogP contribution is 2.34. The Bertz CT molecular complexity index is 970. The second-order valence-electron chi connectivity index (χ2n) is 7.46. The van der Waals surface area contributed by atoms with E-state index in [9.17, 15) is 4.79 Å². The molecule has 0 aliphatic carbocycles. The van der Waals surface area contributed by atoms with Crippen molar-refractivity contribution in [2.24, 2.45) is 0 Å². The molecule has 1 aromatic carbocycles. The molecule has 0 unspecified atom stereocenters. The average Bonchev–Trinajstić information content (AvgIpc) is 2.90. The van der Waals surface area contributed by atoms with Gasteiger partial charge in [-0.05, 0) is 49.1 Å². The molecule has 0 atom stereocenters. The van der Waals surface area contributed by atoms with Crippen LogP contribution >= 0.6 is 23.4 Å². The molecule has 0 spiro atoms. The highest BCUT2D eigenvalue weighted by atomic mass is 35.5. The van der Waals surface area contributed by atoms with Gasteiger partial charge >= 0.3 is 0 Å². The summed E-state index contributed by atoms with van der Waals surface area (Å²) in [5, 5.41) is 4.80. The minimum Gasteiger partial charge on any atom is -0.267 e. The van der Waals surface area contributed by atoms with Crippen molar-refractivity contribution in [1.29, 1.82) is 0 Å². The van der Waals surface area contributed by atoms with Gasteiger partial charge < -0.3 is 0 Å². The lowest BCUT2D eigenvalue weighted by atomic mass is 9.87. The molecule has 0 bridgehead atoms. The molecule has 0 radical (unpaired) electrons. The third-order valence-electron chi connectivity index (χ3n) is 4.33. The average molecular weight is 400 g/mol. The van der Waals surface area contributed by atoms with Crippen molar-refractivity contribution in [3.63, 3.8) is 0 Å². The van der Waals surface area contributed by atoms with E-state index in [0.29, 0.717) is 10.7 Å². The van der Waals surface area contributed by atoms with Crippen molar-refractivity contribution in [1.82, 2.24) is 14.8 Å². The third kappa shape index (κ3) is 4.25. The van der Waals surface area contributed by atoms with Gasteiger partial charge in [-0.2, -0.15) is 9.78 Å². The number of benzene rings is 1. The summed E-state index contributed by atoms with van der Waals surface area (Å²) in [4.78, 5) is 18.9. The summed E-state index contributed by atoms with van der Waals surface area (Å²) in [6.07, 6.45) is 1.47. The first-order chi connectivity index (χ1) is 12.7. The normalized spacial score (nSPS) is 11.6. The summed E-state index contributed by atoms with van der Waals surface area (Å²) in [6, 6.07) is 11.8. The summed E-state index contributed by atoms with van der Waals surface area (Å²) in [7, 11) is 0. The first kappa shape index (κ1) is 19.6. The molecule has 0 saturated heterocycles. The van der Waals surface area contributed by atoms with E-state index >= 15 is 0 Å². The quantitative estimate of drug-likeness (QED) is 0.531. The number of halogens is 1. The molecule has 27 heavy (non-hydrogen) atoms. The van der Waals surface area contributed by atoms with Gasteiger partial charge in [0.25, 0.3) is 5.91 Å². The van der Waals surface area contributed by atoms with Crippen LogP contribution in [-0.4, -0.2) is 20.7 Å². The largest absolute Gasteiger partial charge is 0.279 e. The molecule has 0 fully saturated rings. The van der Waals surface area contributed by atoms with Gasteiger partial charge in [-0.25, -0.2) is 4.98 Å². The molecule has 6 heteroatoms. The van der Waals surface area contributed by atoms with Crippen molar-refractivity contribution in [2.75, 3.05) is 0 Å². The summed E-state index contributed by atoms with van der Waals surface area (Å²) in [6.45, 7) is 10.4. The highest BCUT2D eigenvalue weighted by molar-refractivity contribution is 7.99. The van der Waals surface area contributed by atoms with E-state index < -0.39 is 0 Å². The Labute approximate surface area is 169 Å². The number of aromatic nitrogens is 3. The van der Waals surface area contributed by atoms with Crippen LogP contribution in [0.15, 0.2) is 52.4 Å². The smallest absolute Gasteiger partial charge is 0.267 e. The molecule has 2 aromatic heterocycles. The monoisotopic (exact) mass is 399 g/mol. The van der Waals surface area contributed by atoms with Gasteiger partial charge in [-0.1, -0.05) is 56.3 Å². The van der Waals surface area contributed by atoms with Crippen LogP contribution in [0.1, 0.15) is 48.1 Å². The van der Waals surface area contributed by atoms with Crippen molar-refractivity contribution in [2.45, 2.75) is 49.8 Å². The first-order valence-electron chi connectivity index (χ1n) is 8.67. The number of rotatable bonds is 3. The number of hydrogen-bond acceptors (Lipinski definition) is 4. The summed E-state index contributed by atoms with van der Waals surface area (Å²) >= 11 is 7.43. The maximum Gasteiger partial charge on any atom is 0.279 e. The molecule has 140 valence electrons. The van der Waals surface area contributed by atoms with Crippen LogP contribution in [0.5, 0.6) is 0 Å².